The number of benzene rings is 2. The average Bonchev–Trinajstić information content (AvgIpc) is 2.74. The molecule has 0 atom stereocenters. The number of nitrogens with one attached hydrogen (secondary N) is 3. The summed E-state index contributed by atoms with van der Waals surface area (Å²) >= 11 is 5.62. The van der Waals surface area contributed by atoms with Crippen LogP contribution in [-0.2, 0) is 6.18 Å². The van der Waals surface area contributed by atoms with Crippen LogP contribution in [0.15, 0.2) is 48.8 Å². The van der Waals surface area contributed by atoms with Crippen LogP contribution in [0, 0.1) is 0 Å². The molecule has 0 fully saturated rings. The van der Waals surface area contributed by atoms with Gasteiger partial charge < -0.3 is 15.8 Å². The predicted molar refractivity (Wildman–Crippen MR) is 110 cm³/mol. The van der Waals surface area contributed by atoms with E-state index in [1.807, 2.05) is 0 Å². The fraction of sp³-hybridized carbons (Fsp3) is 0.105. The van der Waals surface area contributed by atoms with Gasteiger partial charge in [-0.05, 0) is 42.5 Å². The number of hydrogen-bond acceptors (Lipinski definition) is 7. The van der Waals surface area contributed by atoms with Crippen molar-refractivity contribution in [1.82, 2.24) is 15.4 Å². The van der Waals surface area contributed by atoms with Crippen LogP contribution in [-0.4, -0.2) is 23.0 Å². The quantitative estimate of drug-likeness (QED) is 0.413. The Morgan fingerprint density at radius 3 is 2.42 bits per heavy atom. The number of nitrogens with two attached hydrogens (primary N) is 1. The number of rotatable bonds is 6. The number of carbonyl (C=O) groups excluding carboxylic acids is 1. The highest BCUT2D eigenvalue weighted by atomic mass is 35.5. The van der Waals surface area contributed by atoms with Crippen molar-refractivity contribution in [1.29, 1.82) is 0 Å². The Morgan fingerprint density at radius 1 is 1.10 bits per heavy atom. The van der Waals surface area contributed by atoms with Crippen molar-refractivity contribution < 1.29 is 22.7 Å². The second-order valence-electron chi connectivity index (χ2n) is 6.11. The number of alkyl halides is 3. The Labute approximate surface area is 179 Å². The van der Waals surface area contributed by atoms with Crippen LogP contribution >= 0.6 is 11.6 Å². The highest BCUT2D eigenvalue weighted by Gasteiger charge is 2.33. The number of nitrogens with zero attached hydrogens (tertiary/aromatic N) is 2. The summed E-state index contributed by atoms with van der Waals surface area (Å²) in [6.07, 6.45) is -3.49. The first-order chi connectivity index (χ1) is 14.7. The largest absolute Gasteiger partial charge is 0.497 e. The van der Waals surface area contributed by atoms with Crippen LogP contribution in [0.4, 0.5) is 36.2 Å². The minimum absolute atomic E-state index is 0.0268. The van der Waals surface area contributed by atoms with Crippen LogP contribution in [0.2, 0.25) is 5.02 Å². The van der Waals surface area contributed by atoms with Crippen molar-refractivity contribution >= 4 is 40.5 Å². The van der Waals surface area contributed by atoms with Gasteiger partial charge in [-0.25, -0.2) is 9.97 Å². The van der Waals surface area contributed by atoms with Gasteiger partial charge in [0.2, 0.25) is 0 Å². The zero-order valence-corrected chi connectivity index (χ0v) is 16.7. The highest BCUT2D eigenvalue weighted by Crippen LogP contribution is 2.37. The maximum absolute atomic E-state index is 13.0. The van der Waals surface area contributed by atoms with Crippen molar-refractivity contribution in [2.24, 2.45) is 0 Å². The number of carbonyl (C=O) groups is 1. The van der Waals surface area contributed by atoms with Crippen LogP contribution < -0.4 is 26.6 Å². The zero-order chi connectivity index (χ0) is 22.6. The Kier molecular flexibility index (Phi) is 6.35. The van der Waals surface area contributed by atoms with E-state index < -0.39 is 22.7 Å². The van der Waals surface area contributed by atoms with E-state index in [1.165, 1.54) is 13.2 Å². The number of aromatic nitrogens is 2. The van der Waals surface area contributed by atoms with Crippen molar-refractivity contribution in [2.75, 3.05) is 23.6 Å². The maximum atomic E-state index is 13.0. The summed E-state index contributed by atoms with van der Waals surface area (Å²) < 4.78 is 44.2. The summed E-state index contributed by atoms with van der Waals surface area (Å²) in [5.74, 6) is 0.204. The van der Waals surface area contributed by atoms with E-state index in [0.29, 0.717) is 11.3 Å². The number of methoxy groups -OCH3 is 1. The lowest BCUT2D eigenvalue weighted by Gasteiger charge is -2.15. The number of nitrogen functional groups attached to an aromatic ring is 1. The van der Waals surface area contributed by atoms with Crippen LogP contribution in [0.25, 0.3) is 0 Å². The fourth-order valence-electron chi connectivity index (χ4n) is 2.48. The molecule has 0 aliphatic rings. The summed E-state index contributed by atoms with van der Waals surface area (Å²) in [5, 5.41) is 2.25. The van der Waals surface area contributed by atoms with Crippen LogP contribution in [0.1, 0.15) is 15.9 Å². The third kappa shape index (κ3) is 5.25. The van der Waals surface area contributed by atoms with E-state index >= 15 is 0 Å². The predicted octanol–water partition coefficient (Wildman–Crippen LogP) is 4.24. The molecule has 1 heterocycles. The first kappa shape index (κ1) is 22.0. The lowest BCUT2D eigenvalue weighted by Crippen LogP contribution is -2.30. The second-order valence-corrected chi connectivity index (χ2v) is 6.52. The molecule has 5 N–H and O–H groups in total. The van der Waals surface area contributed by atoms with Gasteiger partial charge in [-0.3, -0.25) is 15.6 Å². The van der Waals surface area contributed by atoms with Gasteiger partial charge in [-0.15, -0.1) is 0 Å². The van der Waals surface area contributed by atoms with Gasteiger partial charge in [0, 0.05) is 11.3 Å². The summed E-state index contributed by atoms with van der Waals surface area (Å²) in [4.78, 5) is 20.1. The number of anilines is 4. The van der Waals surface area contributed by atoms with Gasteiger partial charge in [0.05, 0.1) is 17.7 Å². The third-order valence-corrected chi connectivity index (χ3v) is 4.39. The summed E-state index contributed by atoms with van der Waals surface area (Å²) in [5.41, 5.74) is 10.4. The molecule has 0 unspecified atom stereocenters. The first-order valence-corrected chi connectivity index (χ1v) is 9.01. The van der Waals surface area contributed by atoms with Gasteiger partial charge in [0.25, 0.3) is 5.91 Å². The van der Waals surface area contributed by atoms with E-state index in [0.717, 1.165) is 18.5 Å². The lowest BCUT2D eigenvalue weighted by atomic mass is 10.2. The summed E-state index contributed by atoms with van der Waals surface area (Å²) in [6.45, 7) is 0. The van der Waals surface area contributed by atoms with E-state index in [-0.39, 0.29) is 23.0 Å². The van der Waals surface area contributed by atoms with E-state index in [4.69, 9.17) is 22.1 Å². The molecule has 3 rings (SSSR count). The minimum atomic E-state index is -4.62. The smallest absolute Gasteiger partial charge is 0.417 e. The molecule has 8 nitrogen and oxygen atoms in total. The van der Waals surface area contributed by atoms with Gasteiger partial charge in [0.15, 0.2) is 11.6 Å². The Balaban J connectivity index is 1.73. The number of amides is 1. The topological polar surface area (TPSA) is 114 Å². The Bertz CT molecular complexity index is 1090. The Morgan fingerprint density at radius 2 is 1.77 bits per heavy atom. The SMILES string of the molecule is COc1ccc(C(=O)NNc2ncnc(Nc3ccc(Cl)c(C(F)(F)F)c3)c2N)cc1. The fourth-order valence-corrected chi connectivity index (χ4v) is 2.71. The van der Waals surface area contributed by atoms with Gasteiger partial charge >= 0.3 is 6.18 Å². The molecule has 0 spiro atoms. The molecule has 0 aliphatic heterocycles. The molecule has 2 aromatic carbocycles. The molecule has 0 radical (unpaired) electrons. The van der Waals surface area contributed by atoms with Crippen LogP contribution in [0.5, 0.6) is 5.75 Å². The number of ether oxygens (including phenoxy) is 1. The normalized spacial score (nSPS) is 11.0. The molecule has 12 heteroatoms. The molecule has 1 amide bonds. The molecular formula is C19H16ClF3N6O2. The van der Waals surface area contributed by atoms with Crippen LogP contribution in [0.3, 0.4) is 0 Å². The average molecular weight is 453 g/mol. The summed E-state index contributed by atoms with van der Waals surface area (Å²) in [7, 11) is 1.51. The number of halogens is 4. The van der Waals surface area contributed by atoms with E-state index in [9.17, 15) is 18.0 Å². The number of hydrogen-bond donors (Lipinski definition) is 4. The van der Waals surface area contributed by atoms with Crippen molar-refractivity contribution in [3.05, 3.63) is 64.9 Å². The maximum Gasteiger partial charge on any atom is 0.417 e. The van der Waals surface area contributed by atoms with E-state index in [1.54, 1.807) is 24.3 Å². The Hall–Kier alpha value is -3.73. The van der Waals surface area contributed by atoms with Crippen molar-refractivity contribution in [3.63, 3.8) is 0 Å². The molecule has 0 bridgehead atoms. The molecule has 0 saturated heterocycles. The van der Waals surface area contributed by atoms with Gasteiger partial charge in [-0.1, -0.05) is 11.6 Å². The molecule has 1 aromatic heterocycles. The first-order valence-electron chi connectivity index (χ1n) is 8.63. The van der Waals surface area contributed by atoms with Crippen molar-refractivity contribution in [2.45, 2.75) is 6.18 Å². The minimum Gasteiger partial charge on any atom is -0.497 e. The number of hydrazine groups is 1. The summed E-state index contributed by atoms with van der Waals surface area (Å²) in [6, 6.07) is 9.66. The van der Waals surface area contributed by atoms with Gasteiger partial charge in [-0.2, -0.15) is 13.2 Å². The standard InChI is InChI=1S/C19H16ClF3N6O2/c1-31-12-5-2-10(3-6-12)18(30)29-28-17-15(24)16(25-9-26-17)27-11-4-7-14(20)13(8-11)19(21,22)23/h2-9H,24H2,1H3,(H,29,30)(H2,25,26,27,28). The molecular weight excluding hydrogens is 437 g/mol. The lowest BCUT2D eigenvalue weighted by molar-refractivity contribution is -0.137. The van der Waals surface area contributed by atoms with E-state index in [2.05, 4.69) is 26.1 Å². The third-order valence-electron chi connectivity index (χ3n) is 4.07. The van der Waals surface area contributed by atoms with Crippen molar-refractivity contribution in [3.8, 4) is 5.75 Å². The van der Waals surface area contributed by atoms with Gasteiger partial charge in [0.1, 0.15) is 17.8 Å². The molecule has 31 heavy (non-hydrogen) atoms. The monoisotopic (exact) mass is 452 g/mol. The molecule has 0 aliphatic carbocycles. The molecule has 0 saturated carbocycles. The zero-order valence-electron chi connectivity index (χ0n) is 15.9. The molecule has 3 aromatic rings. The highest BCUT2D eigenvalue weighted by molar-refractivity contribution is 6.31. The second kappa shape index (κ2) is 8.96. The molecule has 162 valence electrons.